The lowest BCUT2D eigenvalue weighted by molar-refractivity contribution is 0.664. The summed E-state index contributed by atoms with van der Waals surface area (Å²) in [6.45, 7) is 4.33. The molecule has 0 rings (SSSR count). The van der Waals surface area contributed by atoms with E-state index in [1.165, 1.54) is 0 Å². The zero-order chi connectivity index (χ0) is 5.70. The summed E-state index contributed by atoms with van der Waals surface area (Å²) in [7, 11) is 0. The van der Waals surface area contributed by atoms with Crippen LogP contribution in [0.4, 0.5) is 0 Å². The minimum atomic E-state index is 0.731. The van der Waals surface area contributed by atoms with Crippen molar-refractivity contribution < 1.29 is 0 Å². The quantitative estimate of drug-likeness (QED) is 0.523. The van der Waals surface area contributed by atoms with Crippen LogP contribution in [0.5, 0.6) is 0 Å². The number of rotatable bonds is 2. The third-order valence-corrected chi connectivity index (χ3v) is 0.875. The Bertz CT molecular complexity index is 55.2. The lowest BCUT2D eigenvalue weighted by Gasteiger charge is -1.93. The zero-order valence-corrected chi connectivity index (χ0v) is 5.57. The lowest BCUT2D eigenvalue weighted by atomic mass is 10.1. The molecule has 0 aromatic heterocycles. The summed E-state index contributed by atoms with van der Waals surface area (Å²) >= 11 is 5.27. The molecular weight excluding hydrogens is 108 g/mol. The molecule has 0 N–H and O–H groups in total. The Kier molecular flexibility index (Phi) is 4.21. The van der Waals surface area contributed by atoms with Crippen LogP contribution in [0.25, 0.3) is 0 Å². The van der Waals surface area contributed by atoms with Gasteiger partial charge in [-0.25, -0.2) is 0 Å². The summed E-state index contributed by atoms with van der Waals surface area (Å²) in [5, 5.41) is 0. The zero-order valence-electron chi connectivity index (χ0n) is 4.82. The molecule has 0 fully saturated rings. The molecule has 1 heteroatoms. The van der Waals surface area contributed by atoms with Crippen LogP contribution in [0.3, 0.4) is 0 Å². The van der Waals surface area contributed by atoms with Crippen LogP contribution in [0.15, 0.2) is 11.6 Å². The van der Waals surface area contributed by atoms with Gasteiger partial charge in [-0.05, 0) is 12.3 Å². The average molecular weight is 119 g/mol. The van der Waals surface area contributed by atoms with Gasteiger partial charge in [0.1, 0.15) is 0 Å². The highest BCUT2D eigenvalue weighted by atomic mass is 35.5. The van der Waals surface area contributed by atoms with Gasteiger partial charge in [0.15, 0.2) is 0 Å². The smallest absolute Gasteiger partial charge is 0.000255 e. The van der Waals surface area contributed by atoms with Crippen LogP contribution < -0.4 is 0 Å². The van der Waals surface area contributed by atoms with E-state index in [0.29, 0.717) is 0 Å². The molecule has 0 spiro atoms. The minimum absolute atomic E-state index is 0.731. The molecule has 0 aromatic rings. The molecule has 0 saturated heterocycles. The van der Waals surface area contributed by atoms with E-state index in [4.69, 9.17) is 11.6 Å². The lowest BCUT2D eigenvalue weighted by Crippen LogP contribution is -1.79. The van der Waals surface area contributed by atoms with Gasteiger partial charge < -0.3 is 0 Å². The first-order valence-electron chi connectivity index (χ1n) is 2.52. The van der Waals surface area contributed by atoms with E-state index in [1.807, 2.05) is 6.08 Å². The summed E-state index contributed by atoms with van der Waals surface area (Å²) in [5.74, 6) is 0.731. The second-order valence-corrected chi connectivity index (χ2v) is 2.24. The second kappa shape index (κ2) is 4.20. The largest absolute Gasteiger partial charge is 0.0933 e. The van der Waals surface area contributed by atoms with Gasteiger partial charge in [-0.15, -0.1) is 0 Å². The molecule has 0 aliphatic rings. The summed E-state index contributed by atoms with van der Waals surface area (Å²) in [6, 6.07) is 0. The maximum absolute atomic E-state index is 5.27. The van der Waals surface area contributed by atoms with Gasteiger partial charge in [0.2, 0.25) is 0 Å². The fourth-order valence-corrected chi connectivity index (χ4v) is 0.426. The first kappa shape index (κ1) is 7.03. The molecule has 42 valence electrons. The van der Waals surface area contributed by atoms with Crippen molar-refractivity contribution in [3.63, 3.8) is 0 Å². The highest BCUT2D eigenvalue weighted by Crippen LogP contribution is 1.99. The van der Waals surface area contributed by atoms with Crippen molar-refractivity contribution in [3.8, 4) is 0 Å². The van der Waals surface area contributed by atoms with Crippen LogP contribution in [-0.4, -0.2) is 0 Å². The van der Waals surface area contributed by atoms with Crippen LogP contribution >= 0.6 is 11.6 Å². The SMILES string of the molecule is CC(C)C/C=C\Cl. The van der Waals surface area contributed by atoms with E-state index in [0.717, 1.165) is 12.3 Å². The predicted molar refractivity (Wildman–Crippen MR) is 34.4 cm³/mol. The Labute approximate surface area is 50.2 Å². The van der Waals surface area contributed by atoms with Crippen molar-refractivity contribution in [2.75, 3.05) is 0 Å². The topological polar surface area (TPSA) is 0 Å². The summed E-state index contributed by atoms with van der Waals surface area (Å²) < 4.78 is 0. The Morgan fingerprint density at radius 1 is 1.57 bits per heavy atom. The number of allylic oxidation sites excluding steroid dienone is 1. The maximum atomic E-state index is 5.27. The highest BCUT2D eigenvalue weighted by Gasteiger charge is 1.84. The van der Waals surface area contributed by atoms with E-state index >= 15 is 0 Å². The molecule has 7 heavy (non-hydrogen) atoms. The standard InChI is InChI=1S/C6H11Cl/c1-6(2)4-3-5-7/h3,5-6H,4H2,1-2H3/b5-3-. The molecule has 0 amide bonds. The van der Waals surface area contributed by atoms with Gasteiger partial charge in [0.05, 0.1) is 0 Å². The van der Waals surface area contributed by atoms with Crippen molar-refractivity contribution in [2.24, 2.45) is 5.92 Å². The van der Waals surface area contributed by atoms with Gasteiger partial charge in [-0.3, -0.25) is 0 Å². The highest BCUT2D eigenvalue weighted by molar-refractivity contribution is 6.25. The number of hydrogen-bond donors (Lipinski definition) is 0. The van der Waals surface area contributed by atoms with E-state index < -0.39 is 0 Å². The minimum Gasteiger partial charge on any atom is -0.0933 e. The van der Waals surface area contributed by atoms with Gasteiger partial charge in [-0.1, -0.05) is 31.5 Å². The van der Waals surface area contributed by atoms with Crippen LogP contribution in [0, 0.1) is 5.92 Å². The maximum Gasteiger partial charge on any atom is 0.000255 e. The predicted octanol–water partition coefficient (Wildman–Crippen LogP) is 2.79. The second-order valence-electron chi connectivity index (χ2n) is 1.99. The molecule has 0 unspecified atom stereocenters. The van der Waals surface area contributed by atoms with Crippen molar-refractivity contribution >= 4 is 11.6 Å². The third kappa shape index (κ3) is 6.03. The van der Waals surface area contributed by atoms with E-state index in [1.54, 1.807) is 5.54 Å². The Balaban J connectivity index is 2.97. The van der Waals surface area contributed by atoms with Crippen LogP contribution in [0.2, 0.25) is 0 Å². The summed E-state index contributed by atoms with van der Waals surface area (Å²) in [5.41, 5.74) is 1.57. The number of hydrogen-bond acceptors (Lipinski definition) is 0. The van der Waals surface area contributed by atoms with Crippen molar-refractivity contribution in [2.45, 2.75) is 20.3 Å². The molecule has 0 aromatic carbocycles. The molecule has 0 bridgehead atoms. The van der Waals surface area contributed by atoms with Gasteiger partial charge in [0, 0.05) is 5.54 Å². The molecule has 0 saturated carbocycles. The third-order valence-electron chi connectivity index (χ3n) is 0.697. The molecule has 0 atom stereocenters. The van der Waals surface area contributed by atoms with Gasteiger partial charge in [0.25, 0.3) is 0 Å². The monoisotopic (exact) mass is 118 g/mol. The Morgan fingerprint density at radius 2 is 2.14 bits per heavy atom. The molecule has 0 nitrogen and oxygen atoms in total. The fourth-order valence-electron chi connectivity index (χ4n) is 0.324. The molecular formula is C6H11Cl. The van der Waals surface area contributed by atoms with Crippen LogP contribution in [-0.2, 0) is 0 Å². The normalized spacial score (nSPS) is 11.4. The number of halogens is 1. The summed E-state index contributed by atoms with van der Waals surface area (Å²) in [4.78, 5) is 0. The molecule has 0 heterocycles. The van der Waals surface area contributed by atoms with Crippen molar-refractivity contribution in [1.82, 2.24) is 0 Å². The van der Waals surface area contributed by atoms with E-state index in [-0.39, 0.29) is 0 Å². The van der Waals surface area contributed by atoms with Gasteiger partial charge >= 0.3 is 0 Å². The first-order chi connectivity index (χ1) is 3.27. The van der Waals surface area contributed by atoms with E-state index in [9.17, 15) is 0 Å². The Hall–Kier alpha value is 0.0300. The molecule has 0 aliphatic carbocycles. The van der Waals surface area contributed by atoms with Crippen LogP contribution in [0.1, 0.15) is 20.3 Å². The van der Waals surface area contributed by atoms with E-state index in [2.05, 4.69) is 13.8 Å². The van der Waals surface area contributed by atoms with Crippen molar-refractivity contribution in [1.29, 1.82) is 0 Å². The fraction of sp³-hybridized carbons (Fsp3) is 0.667. The van der Waals surface area contributed by atoms with Gasteiger partial charge in [-0.2, -0.15) is 0 Å². The summed E-state index contributed by atoms with van der Waals surface area (Å²) in [6.07, 6.45) is 3.05. The average Bonchev–Trinajstić information content (AvgIpc) is 1.61. The molecule has 0 radical (unpaired) electrons. The Morgan fingerprint density at radius 3 is 2.29 bits per heavy atom. The van der Waals surface area contributed by atoms with Crippen molar-refractivity contribution in [3.05, 3.63) is 11.6 Å². The first-order valence-corrected chi connectivity index (χ1v) is 2.96. The molecule has 0 aliphatic heterocycles.